The molecule has 0 saturated carbocycles. The van der Waals surface area contributed by atoms with E-state index in [0.717, 1.165) is 24.1 Å². The number of rotatable bonds is 4. The summed E-state index contributed by atoms with van der Waals surface area (Å²) in [6, 6.07) is 12.1. The Bertz CT molecular complexity index is 1380. The third kappa shape index (κ3) is 3.89. The fraction of sp³-hybridized carbons (Fsp3) is 0.417. The van der Waals surface area contributed by atoms with E-state index >= 15 is 0 Å². The van der Waals surface area contributed by atoms with Crippen LogP contribution in [0.1, 0.15) is 25.8 Å². The number of sulfonamides is 1. The van der Waals surface area contributed by atoms with Crippen LogP contribution in [-0.2, 0) is 27.8 Å². The number of para-hydroxylation sites is 1. The Morgan fingerprint density at radius 1 is 1.09 bits per heavy atom. The van der Waals surface area contributed by atoms with E-state index in [1.807, 2.05) is 24.3 Å². The summed E-state index contributed by atoms with van der Waals surface area (Å²) in [4.78, 5) is 27.3. The van der Waals surface area contributed by atoms with Crippen molar-refractivity contribution in [3.8, 4) is 0 Å². The normalized spacial score (nSPS) is 21.5. The molecule has 1 amide bonds. The average molecular weight is 470 g/mol. The molecule has 9 heteroatoms. The molecule has 0 bridgehead atoms. The second-order valence-electron chi connectivity index (χ2n) is 9.28. The highest BCUT2D eigenvalue weighted by molar-refractivity contribution is 7.89. The standard InChI is InChI=1S/C24H27N3O5S/c1-16-11-17(2)14-25(13-16)33(30,31)19-7-8-21-22(12-19)32-24(29)27(21)15-23(28)26-10-9-18-5-3-4-6-20(18)26/h3-8,12,16-17H,9-11,13-15H2,1-2H3/t16-,17-/m1/s1. The predicted molar refractivity (Wildman–Crippen MR) is 125 cm³/mol. The van der Waals surface area contributed by atoms with E-state index in [9.17, 15) is 18.0 Å². The number of aromatic nitrogens is 1. The number of hydrogen-bond donors (Lipinski definition) is 0. The van der Waals surface area contributed by atoms with Gasteiger partial charge in [-0.05, 0) is 48.4 Å². The van der Waals surface area contributed by atoms with Crippen LogP contribution in [0, 0.1) is 11.8 Å². The summed E-state index contributed by atoms with van der Waals surface area (Å²) in [5, 5.41) is 0. The number of nitrogens with zero attached hydrogens (tertiary/aromatic N) is 3. The van der Waals surface area contributed by atoms with Crippen LogP contribution in [0.25, 0.3) is 11.1 Å². The van der Waals surface area contributed by atoms with Gasteiger partial charge in [-0.2, -0.15) is 4.31 Å². The van der Waals surface area contributed by atoms with Gasteiger partial charge in [-0.3, -0.25) is 9.36 Å². The Balaban J connectivity index is 1.43. The van der Waals surface area contributed by atoms with Gasteiger partial charge in [-0.25, -0.2) is 13.2 Å². The van der Waals surface area contributed by atoms with Gasteiger partial charge < -0.3 is 9.32 Å². The molecule has 5 rings (SSSR count). The van der Waals surface area contributed by atoms with Crippen LogP contribution in [-0.4, -0.2) is 42.8 Å². The van der Waals surface area contributed by atoms with Crippen LogP contribution >= 0.6 is 0 Å². The molecule has 174 valence electrons. The van der Waals surface area contributed by atoms with Crippen molar-refractivity contribution in [3.05, 3.63) is 58.6 Å². The molecule has 1 aromatic heterocycles. The van der Waals surface area contributed by atoms with Crippen molar-refractivity contribution in [3.63, 3.8) is 0 Å². The van der Waals surface area contributed by atoms with Gasteiger partial charge in [0.15, 0.2) is 5.58 Å². The molecule has 2 aliphatic heterocycles. The zero-order valence-electron chi connectivity index (χ0n) is 18.7. The maximum absolute atomic E-state index is 13.2. The summed E-state index contributed by atoms with van der Waals surface area (Å²) < 4.78 is 34.6. The van der Waals surface area contributed by atoms with Crippen molar-refractivity contribution in [1.29, 1.82) is 0 Å². The Morgan fingerprint density at radius 3 is 2.58 bits per heavy atom. The highest BCUT2D eigenvalue weighted by Gasteiger charge is 2.32. The molecular formula is C24H27N3O5S. The fourth-order valence-electron chi connectivity index (χ4n) is 5.13. The molecule has 33 heavy (non-hydrogen) atoms. The van der Waals surface area contributed by atoms with E-state index in [1.165, 1.54) is 21.0 Å². The van der Waals surface area contributed by atoms with E-state index in [1.54, 1.807) is 11.0 Å². The third-order valence-corrected chi connectivity index (χ3v) is 8.42. The summed E-state index contributed by atoms with van der Waals surface area (Å²) in [5.41, 5.74) is 2.53. The van der Waals surface area contributed by atoms with E-state index in [4.69, 9.17) is 4.42 Å². The molecule has 2 atom stereocenters. The number of amides is 1. The van der Waals surface area contributed by atoms with Crippen molar-refractivity contribution in [1.82, 2.24) is 8.87 Å². The molecule has 0 unspecified atom stereocenters. The molecule has 3 aromatic rings. The number of carbonyl (C=O) groups excluding carboxylic acids is 1. The minimum Gasteiger partial charge on any atom is -0.408 e. The first-order chi connectivity index (χ1) is 15.7. The summed E-state index contributed by atoms with van der Waals surface area (Å²) in [6.45, 7) is 5.45. The van der Waals surface area contributed by atoms with Crippen molar-refractivity contribution < 1.29 is 17.6 Å². The van der Waals surface area contributed by atoms with Gasteiger partial charge in [0.25, 0.3) is 0 Å². The quantitative estimate of drug-likeness (QED) is 0.586. The Kier molecular flexibility index (Phi) is 5.41. The summed E-state index contributed by atoms with van der Waals surface area (Å²) >= 11 is 0. The lowest BCUT2D eigenvalue weighted by Gasteiger charge is -2.34. The van der Waals surface area contributed by atoms with E-state index in [0.29, 0.717) is 25.2 Å². The molecule has 0 N–H and O–H groups in total. The van der Waals surface area contributed by atoms with E-state index < -0.39 is 15.8 Å². The van der Waals surface area contributed by atoms with Crippen LogP contribution in [0.2, 0.25) is 0 Å². The third-order valence-electron chi connectivity index (χ3n) is 6.59. The molecule has 2 aliphatic rings. The molecule has 1 saturated heterocycles. The Morgan fingerprint density at radius 2 is 1.82 bits per heavy atom. The molecule has 0 spiro atoms. The number of benzene rings is 2. The van der Waals surface area contributed by atoms with Gasteiger partial charge in [-0.15, -0.1) is 0 Å². The highest BCUT2D eigenvalue weighted by atomic mass is 32.2. The second-order valence-corrected chi connectivity index (χ2v) is 11.2. The number of anilines is 1. The SMILES string of the molecule is C[C@@H]1C[C@@H](C)CN(S(=O)(=O)c2ccc3c(c2)oc(=O)n3CC(=O)N2CCc3ccccc32)C1. The van der Waals surface area contributed by atoms with Crippen LogP contribution in [0.3, 0.4) is 0 Å². The van der Waals surface area contributed by atoms with Crippen molar-refractivity contribution >= 4 is 32.7 Å². The lowest BCUT2D eigenvalue weighted by molar-refractivity contribution is -0.119. The number of fused-ring (bicyclic) bond motifs is 2. The van der Waals surface area contributed by atoms with Crippen molar-refractivity contribution in [2.45, 2.75) is 38.1 Å². The maximum Gasteiger partial charge on any atom is 0.420 e. The second kappa shape index (κ2) is 8.14. The molecule has 0 radical (unpaired) electrons. The topological polar surface area (TPSA) is 92.8 Å². The molecular weight excluding hydrogens is 442 g/mol. The molecule has 3 heterocycles. The van der Waals surface area contributed by atoms with Crippen LogP contribution < -0.4 is 10.7 Å². The minimum atomic E-state index is -3.71. The minimum absolute atomic E-state index is 0.0944. The van der Waals surface area contributed by atoms with Gasteiger partial charge in [0.2, 0.25) is 15.9 Å². The fourth-order valence-corrected chi connectivity index (χ4v) is 6.82. The summed E-state index contributed by atoms with van der Waals surface area (Å²) in [6.07, 6.45) is 1.77. The molecule has 0 aliphatic carbocycles. The summed E-state index contributed by atoms with van der Waals surface area (Å²) in [7, 11) is -3.71. The number of piperidine rings is 1. The van der Waals surface area contributed by atoms with Gasteiger partial charge in [0.1, 0.15) is 6.54 Å². The Labute approximate surface area is 192 Å². The first-order valence-corrected chi connectivity index (χ1v) is 12.7. The van der Waals surface area contributed by atoms with E-state index in [2.05, 4.69) is 13.8 Å². The maximum atomic E-state index is 13.2. The van der Waals surface area contributed by atoms with Crippen LogP contribution in [0.4, 0.5) is 5.69 Å². The first-order valence-electron chi connectivity index (χ1n) is 11.3. The van der Waals surface area contributed by atoms with Gasteiger partial charge in [0.05, 0.1) is 10.4 Å². The van der Waals surface area contributed by atoms with Gasteiger partial charge >= 0.3 is 5.76 Å². The predicted octanol–water partition coefficient (Wildman–Crippen LogP) is 2.85. The number of carbonyl (C=O) groups is 1. The van der Waals surface area contributed by atoms with E-state index in [-0.39, 0.29) is 34.8 Å². The lowest BCUT2D eigenvalue weighted by atomic mass is 9.94. The molecule has 2 aromatic carbocycles. The van der Waals surface area contributed by atoms with Crippen molar-refractivity contribution in [2.75, 3.05) is 24.5 Å². The van der Waals surface area contributed by atoms with Crippen LogP contribution in [0.15, 0.2) is 56.6 Å². The largest absolute Gasteiger partial charge is 0.420 e. The Hall–Kier alpha value is -2.91. The zero-order valence-corrected chi connectivity index (χ0v) is 19.5. The van der Waals surface area contributed by atoms with Crippen molar-refractivity contribution in [2.24, 2.45) is 11.8 Å². The molecule has 1 fully saturated rings. The number of hydrogen-bond acceptors (Lipinski definition) is 5. The smallest absolute Gasteiger partial charge is 0.408 e. The zero-order chi connectivity index (χ0) is 23.3. The van der Waals surface area contributed by atoms with Gasteiger partial charge in [-0.1, -0.05) is 32.0 Å². The van der Waals surface area contributed by atoms with Crippen LogP contribution in [0.5, 0.6) is 0 Å². The van der Waals surface area contributed by atoms with Gasteiger partial charge in [0, 0.05) is 31.4 Å². The lowest BCUT2D eigenvalue weighted by Crippen LogP contribution is -2.42. The highest BCUT2D eigenvalue weighted by Crippen LogP contribution is 2.29. The first kappa shape index (κ1) is 21.9. The monoisotopic (exact) mass is 469 g/mol. The number of oxazole rings is 1. The average Bonchev–Trinajstić information content (AvgIpc) is 3.33. The molecule has 8 nitrogen and oxygen atoms in total. The summed E-state index contributed by atoms with van der Waals surface area (Å²) in [5.74, 6) is -0.320.